The summed E-state index contributed by atoms with van der Waals surface area (Å²) in [5.41, 5.74) is 1.98. The zero-order valence-electron chi connectivity index (χ0n) is 14.0. The number of carbonyl (C=O) groups is 1. The highest BCUT2D eigenvalue weighted by molar-refractivity contribution is 5.78. The van der Waals surface area contributed by atoms with Crippen molar-refractivity contribution in [1.29, 1.82) is 0 Å². The van der Waals surface area contributed by atoms with Crippen LogP contribution in [0.4, 0.5) is 4.39 Å². The lowest BCUT2D eigenvalue weighted by molar-refractivity contribution is -0.132. The van der Waals surface area contributed by atoms with E-state index in [1.54, 1.807) is 35.0 Å². The van der Waals surface area contributed by atoms with Crippen LogP contribution in [0.15, 0.2) is 36.7 Å². The van der Waals surface area contributed by atoms with Crippen LogP contribution in [0, 0.1) is 5.82 Å². The molecule has 0 bridgehead atoms. The number of halogens is 1. The Morgan fingerprint density at radius 3 is 2.52 bits per heavy atom. The fourth-order valence-electron chi connectivity index (χ4n) is 2.44. The highest BCUT2D eigenvalue weighted by atomic mass is 19.1. The third-order valence-corrected chi connectivity index (χ3v) is 3.94. The maximum atomic E-state index is 13.0. The molecule has 0 N–H and O–H groups in total. The summed E-state index contributed by atoms with van der Waals surface area (Å²) in [6, 6.07) is 6.15. The first-order valence-electron chi connectivity index (χ1n) is 7.54. The van der Waals surface area contributed by atoms with Crippen LogP contribution in [-0.4, -0.2) is 46.1 Å². The molecule has 6 heteroatoms. The molecular weight excluding hydrogens is 295 g/mol. The lowest BCUT2D eigenvalue weighted by Crippen LogP contribution is -2.37. The molecular formula is C17H23FN4O. The van der Waals surface area contributed by atoms with Gasteiger partial charge in [-0.2, -0.15) is 5.10 Å². The number of aromatic nitrogens is 2. The summed E-state index contributed by atoms with van der Waals surface area (Å²) in [5.74, 6) is -0.251. The SMILES string of the molecule is CC(c1ccc(F)cc1)N(C)C(=O)CN(C)Cc1cnn(C)c1. The minimum atomic E-state index is -0.272. The quantitative estimate of drug-likeness (QED) is 0.820. The van der Waals surface area contributed by atoms with Crippen LogP contribution < -0.4 is 0 Å². The second-order valence-electron chi connectivity index (χ2n) is 5.93. The van der Waals surface area contributed by atoms with Gasteiger partial charge in [0.1, 0.15) is 5.82 Å². The number of carbonyl (C=O) groups excluding carboxylic acids is 1. The number of benzene rings is 1. The van der Waals surface area contributed by atoms with E-state index in [4.69, 9.17) is 0 Å². The van der Waals surface area contributed by atoms with Crippen LogP contribution in [0.3, 0.4) is 0 Å². The zero-order chi connectivity index (χ0) is 17.0. The van der Waals surface area contributed by atoms with E-state index in [0.29, 0.717) is 13.1 Å². The summed E-state index contributed by atoms with van der Waals surface area (Å²) < 4.78 is 14.7. The van der Waals surface area contributed by atoms with Crippen molar-refractivity contribution < 1.29 is 9.18 Å². The van der Waals surface area contributed by atoms with E-state index < -0.39 is 0 Å². The van der Waals surface area contributed by atoms with E-state index in [2.05, 4.69) is 5.10 Å². The van der Waals surface area contributed by atoms with E-state index in [1.807, 2.05) is 32.1 Å². The van der Waals surface area contributed by atoms with Gasteiger partial charge in [-0.25, -0.2) is 4.39 Å². The second-order valence-corrected chi connectivity index (χ2v) is 5.93. The first kappa shape index (κ1) is 17.1. The molecule has 124 valence electrons. The number of amides is 1. The predicted molar refractivity (Wildman–Crippen MR) is 87.1 cm³/mol. The number of likely N-dealkylation sites (N-methyl/N-ethyl adjacent to an activating group) is 2. The molecule has 0 saturated heterocycles. The summed E-state index contributed by atoms with van der Waals surface area (Å²) in [6.45, 7) is 2.92. The van der Waals surface area contributed by atoms with E-state index in [1.165, 1.54) is 12.1 Å². The number of hydrogen-bond donors (Lipinski definition) is 0. The van der Waals surface area contributed by atoms with Gasteiger partial charge < -0.3 is 4.90 Å². The summed E-state index contributed by atoms with van der Waals surface area (Å²) >= 11 is 0. The second kappa shape index (κ2) is 7.37. The van der Waals surface area contributed by atoms with Gasteiger partial charge in [-0.15, -0.1) is 0 Å². The van der Waals surface area contributed by atoms with E-state index >= 15 is 0 Å². The van der Waals surface area contributed by atoms with Gasteiger partial charge in [-0.1, -0.05) is 12.1 Å². The van der Waals surface area contributed by atoms with Gasteiger partial charge in [-0.3, -0.25) is 14.4 Å². The van der Waals surface area contributed by atoms with Gasteiger partial charge in [0.15, 0.2) is 0 Å². The van der Waals surface area contributed by atoms with Crippen LogP contribution in [-0.2, 0) is 18.4 Å². The maximum absolute atomic E-state index is 13.0. The van der Waals surface area contributed by atoms with Crippen molar-refractivity contribution in [3.63, 3.8) is 0 Å². The normalized spacial score (nSPS) is 12.4. The Kier molecular flexibility index (Phi) is 5.50. The van der Waals surface area contributed by atoms with Crippen LogP contribution in [0.25, 0.3) is 0 Å². The molecule has 5 nitrogen and oxygen atoms in total. The Balaban J connectivity index is 1.92. The molecule has 23 heavy (non-hydrogen) atoms. The molecule has 0 saturated carbocycles. The third-order valence-electron chi connectivity index (χ3n) is 3.94. The van der Waals surface area contributed by atoms with Crippen molar-refractivity contribution in [1.82, 2.24) is 19.6 Å². The minimum absolute atomic E-state index is 0.0215. The number of nitrogens with zero attached hydrogens (tertiary/aromatic N) is 4. The van der Waals surface area contributed by atoms with Gasteiger partial charge >= 0.3 is 0 Å². The summed E-state index contributed by atoms with van der Waals surface area (Å²) in [4.78, 5) is 16.1. The molecule has 0 fully saturated rings. The van der Waals surface area contributed by atoms with Gasteiger partial charge in [0.25, 0.3) is 0 Å². The molecule has 1 amide bonds. The molecule has 2 rings (SSSR count). The predicted octanol–water partition coefficient (Wildman–Crippen LogP) is 2.21. The first-order chi connectivity index (χ1) is 10.9. The molecule has 1 aromatic carbocycles. The molecule has 1 heterocycles. The van der Waals surface area contributed by atoms with Crippen LogP contribution in [0.1, 0.15) is 24.1 Å². The molecule has 0 spiro atoms. The smallest absolute Gasteiger partial charge is 0.236 e. The van der Waals surface area contributed by atoms with Crippen LogP contribution in [0.2, 0.25) is 0 Å². The van der Waals surface area contributed by atoms with E-state index in [9.17, 15) is 9.18 Å². The Morgan fingerprint density at radius 2 is 1.96 bits per heavy atom. The third kappa shape index (κ3) is 4.63. The van der Waals surface area contributed by atoms with Gasteiger partial charge in [0, 0.05) is 32.4 Å². The number of aryl methyl sites for hydroxylation is 1. The van der Waals surface area contributed by atoms with Crippen molar-refractivity contribution in [2.24, 2.45) is 7.05 Å². The van der Waals surface area contributed by atoms with Crippen LogP contribution >= 0.6 is 0 Å². The van der Waals surface area contributed by atoms with Crippen LogP contribution in [0.5, 0.6) is 0 Å². The largest absolute Gasteiger partial charge is 0.338 e. The average molecular weight is 318 g/mol. The molecule has 0 aliphatic rings. The molecule has 1 aromatic heterocycles. The Bertz CT molecular complexity index is 653. The molecule has 0 aliphatic carbocycles. The van der Waals surface area contributed by atoms with Crippen molar-refractivity contribution in [3.05, 3.63) is 53.6 Å². The Labute approximate surface area is 136 Å². The van der Waals surface area contributed by atoms with Crippen molar-refractivity contribution in [3.8, 4) is 0 Å². The molecule has 0 aliphatic heterocycles. The highest BCUT2D eigenvalue weighted by Crippen LogP contribution is 2.19. The lowest BCUT2D eigenvalue weighted by atomic mass is 10.1. The molecule has 0 radical (unpaired) electrons. The molecule has 2 aromatic rings. The molecule has 1 atom stereocenters. The summed E-state index contributed by atoms with van der Waals surface area (Å²) in [7, 11) is 5.54. The van der Waals surface area contributed by atoms with E-state index in [0.717, 1.165) is 11.1 Å². The highest BCUT2D eigenvalue weighted by Gasteiger charge is 2.19. The monoisotopic (exact) mass is 318 g/mol. The maximum Gasteiger partial charge on any atom is 0.236 e. The first-order valence-corrected chi connectivity index (χ1v) is 7.54. The summed E-state index contributed by atoms with van der Waals surface area (Å²) in [5, 5.41) is 4.12. The van der Waals surface area contributed by atoms with E-state index in [-0.39, 0.29) is 17.8 Å². The fraction of sp³-hybridized carbons (Fsp3) is 0.412. The number of rotatable bonds is 6. The summed E-state index contributed by atoms with van der Waals surface area (Å²) in [6.07, 6.45) is 3.73. The molecule has 1 unspecified atom stereocenters. The zero-order valence-corrected chi connectivity index (χ0v) is 14.0. The fourth-order valence-corrected chi connectivity index (χ4v) is 2.44. The van der Waals surface area contributed by atoms with Gasteiger partial charge in [-0.05, 0) is 31.7 Å². The Morgan fingerprint density at radius 1 is 1.30 bits per heavy atom. The standard InChI is InChI=1S/C17H23FN4O/c1-13(15-5-7-16(18)8-6-15)22(4)17(23)12-20(2)10-14-9-19-21(3)11-14/h5-9,11,13H,10,12H2,1-4H3. The topological polar surface area (TPSA) is 41.4 Å². The van der Waals surface area contributed by atoms with Crippen molar-refractivity contribution in [2.75, 3.05) is 20.6 Å². The average Bonchev–Trinajstić information content (AvgIpc) is 2.91. The van der Waals surface area contributed by atoms with Crippen molar-refractivity contribution >= 4 is 5.91 Å². The Hall–Kier alpha value is -2.21. The van der Waals surface area contributed by atoms with Gasteiger partial charge in [0.05, 0.1) is 18.8 Å². The number of hydrogen-bond acceptors (Lipinski definition) is 3. The minimum Gasteiger partial charge on any atom is -0.338 e. The lowest BCUT2D eigenvalue weighted by Gasteiger charge is -2.27. The van der Waals surface area contributed by atoms with Gasteiger partial charge in [0.2, 0.25) is 5.91 Å². The van der Waals surface area contributed by atoms with Crippen molar-refractivity contribution in [2.45, 2.75) is 19.5 Å².